The fourth-order valence-electron chi connectivity index (χ4n) is 0.408. The molecule has 2 unspecified atom stereocenters. The van der Waals surface area contributed by atoms with E-state index in [1.165, 1.54) is 6.92 Å². The number of aliphatic hydroxyl groups is 1. The Bertz CT molecular complexity index is 171. The van der Waals surface area contributed by atoms with Crippen molar-refractivity contribution in [1.82, 2.24) is 0 Å². The second kappa shape index (κ2) is 3.71. The summed E-state index contributed by atoms with van der Waals surface area (Å²) in [6.45, 7) is 1.24. The fraction of sp³-hybridized carbons (Fsp3) is 0.750. The van der Waals surface area contributed by atoms with E-state index < -0.39 is 18.1 Å². The van der Waals surface area contributed by atoms with Crippen molar-refractivity contribution in [3.8, 4) is 0 Å². The first kappa shape index (κ1) is 8.74. The molecule has 10 heavy (non-hydrogen) atoms. The van der Waals surface area contributed by atoms with Crippen LogP contribution in [0.25, 0.3) is 10.4 Å². The van der Waals surface area contributed by atoms with Gasteiger partial charge in [0.2, 0.25) is 0 Å². The van der Waals surface area contributed by atoms with Crippen LogP contribution in [0.2, 0.25) is 0 Å². The molecule has 0 aromatic carbocycles. The largest absolute Gasteiger partial charge is 0.481 e. The molecule has 56 valence electrons. The van der Waals surface area contributed by atoms with Gasteiger partial charge in [0.05, 0.1) is 6.10 Å². The minimum absolute atomic E-state index is 1.16. The van der Waals surface area contributed by atoms with Gasteiger partial charge in [-0.3, -0.25) is 4.79 Å². The van der Waals surface area contributed by atoms with Gasteiger partial charge < -0.3 is 10.2 Å². The van der Waals surface area contributed by atoms with Crippen LogP contribution in [0, 0.1) is 0 Å². The number of aliphatic hydroxyl groups excluding tert-OH is 1. The van der Waals surface area contributed by atoms with Crippen molar-refractivity contribution in [2.75, 3.05) is 0 Å². The number of hydrogen-bond donors (Lipinski definition) is 2. The molecular weight excluding hydrogens is 138 g/mol. The van der Waals surface area contributed by atoms with Crippen molar-refractivity contribution >= 4 is 5.97 Å². The van der Waals surface area contributed by atoms with E-state index in [0.29, 0.717) is 0 Å². The molecule has 0 radical (unpaired) electrons. The number of hydrogen-bond acceptors (Lipinski definition) is 3. The maximum absolute atomic E-state index is 10.1. The van der Waals surface area contributed by atoms with Crippen molar-refractivity contribution in [1.29, 1.82) is 0 Å². The van der Waals surface area contributed by atoms with Gasteiger partial charge in [0, 0.05) is 4.91 Å². The Labute approximate surface area is 56.7 Å². The smallest absolute Gasteiger partial charge is 0.315 e. The van der Waals surface area contributed by atoms with Gasteiger partial charge >= 0.3 is 5.97 Å². The molecule has 0 spiro atoms. The van der Waals surface area contributed by atoms with Crippen molar-refractivity contribution in [2.24, 2.45) is 5.11 Å². The van der Waals surface area contributed by atoms with Crippen LogP contribution in [0.3, 0.4) is 0 Å². The summed E-state index contributed by atoms with van der Waals surface area (Å²) < 4.78 is 0. The Balaban J connectivity index is 4.26. The number of nitrogens with zero attached hydrogens (tertiary/aromatic N) is 3. The minimum atomic E-state index is -1.38. The molecule has 0 fully saturated rings. The molecule has 0 rings (SSSR count). The van der Waals surface area contributed by atoms with Gasteiger partial charge in [0.1, 0.15) is 0 Å². The molecule has 0 amide bonds. The zero-order valence-electron chi connectivity index (χ0n) is 5.30. The van der Waals surface area contributed by atoms with E-state index in [2.05, 4.69) is 10.0 Å². The monoisotopic (exact) mass is 145 g/mol. The summed E-state index contributed by atoms with van der Waals surface area (Å²) in [6.07, 6.45) is -1.16. The number of rotatable bonds is 3. The van der Waals surface area contributed by atoms with Gasteiger partial charge in [-0.1, -0.05) is 5.11 Å². The lowest BCUT2D eigenvalue weighted by molar-refractivity contribution is -0.140. The Morgan fingerprint density at radius 2 is 2.30 bits per heavy atom. The molecule has 0 heterocycles. The molecule has 0 aliphatic rings. The van der Waals surface area contributed by atoms with Crippen LogP contribution < -0.4 is 0 Å². The van der Waals surface area contributed by atoms with E-state index in [1.807, 2.05) is 0 Å². The summed E-state index contributed by atoms with van der Waals surface area (Å²) in [6, 6.07) is -1.38. The Morgan fingerprint density at radius 3 is 2.40 bits per heavy atom. The number of carboxylic acid groups (broad SMARTS) is 1. The SMILES string of the molecule is CC(O)C(N=[N+]=[N-])C(=O)O. The van der Waals surface area contributed by atoms with E-state index >= 15 is 0 Å². The highest BCUT2D eigenvalue weighted by Crippen LogP contribution is 1.98. The third-order valence-electron chi connectivity index (χ3n) is 0.886. The van der Waals surface area contributed by atoms with Gasteiger partial charge in [-0.25, -0.2) is 0 Å². The highest BCUT2D eigenvalue weighted by atomic mass is 16.4. The molecule has 0 aromatic rings. The Hall–Kier alpha value is -1.26. The van der Waals surface area contributed by atoms with Gasteiger partial charge in [0.25, 0.3) is 0 Å². The maximum atomic E-state index is 10.1. The fourth-order valence-corrected chi connectivity index (χ4v) is 0.408. The van der Waals surface area contributed by atoms with Crippen LogP contribution >= 0.6 is 0 Å². The maximum Gasteiger partial charge on any atom is 0.315 e. The summed E-state index contributed by atoms with van der Waals surface area (Å²) in [4.78, 5) is 12.4. The van der Waals surface area contributed by atoms with Crippen LogP contribution in [0.15, 0.2) is 5.11 Å². The van der Waals surface area contributed by atoms with Crippen molar-refractivity contribution in [3.05, 3.63) is 10.4 Å². The first-order valence-corrected chi connectivity index (χ1v) is 2.54. The zero-order valence-corrected chi connectivity index (χ0v) is 5.30. The van der Waals surface area contributed by atoms with Crippen LogP contribution in [-0.2, 0) is 4.79 Å². The van der Waals surface area contributed by atoms with Gasteiger partial charge in [-0.05, 0) is 12.5 Å². The minimum Gasteiger partial charge on any atom is -0.481 e. The summed E-state index contributed by atoms with van der Waals surface area (Å²) in [5, 5.41) is 19.8. The number of azide groups is 1. The Morgan fingerprint density at radius 1 is 1.80 bits per heavy atom. The van der Waals surface area contributed by atoms with Gasteiger partial charge in [-0.2, -0.15) is 0 Å². The average Bonchev–Trinajstić information content (AvgIpc) is 1.81. The normalized spacial score (nSPS) is 15.0. The van der Waals surface area contributed by atoms with Gasteiger partial charge in [0.15, 0.2) is 6.04 Å². The molecule has 2 atom stereocenters. The molecule has 6 heteroatoms. The molecule has 0 aromatic heterocycles. The van der Waals surface area contributed by atoms with Crippen molar-refractivity contribution in [3.63, 3.8) is 0 Å². The second-order valence-corrected chi connectivity index (χ2v) is 1.73. The van der Waals surface area contributed by atoms with Gasteiger partial charge in [-0.15, -0.1) is 0 Å². The molecule has 2 N–H and O–H groups in total. The van der Waals surface area contributed by atoms with E-state index in [9.17, 15) is 4.79 Å². The van der Waals surface area contributed by atoms with E-state index in [1.54, 1.807) is 0 Å². The second-order valence-electron chi connectivity index (χ2n) is 1.73. The lowest BCUT2D eigenvalue weighted by Gasteiger charge is -2.06. The molecule has 0 aliphatic carbocycles. The highest BCUT2D eigenvalue weighted by molar-refractivity contribution is 5.74. The third kappa shape index (κ3) is 2.34. The number of aliphatic carboxylic acids is 1. The van der Waals surface area contributed by atoms with Crippen LogP contribution in [0.5, 0.6) is 0 Å². The van der Waals surface area contributed by atoms with E-state index in [4.69, 9.17) is 15.7 Å². The summed E-state index contributed by atoms with van der Waals surface area (Å²) in [5.74, 6) is -1.33. The lowest BCUT2D eigenvalue weighted by Crippen LogP contribution is -2.29. The average molecular weight is 145 g/mol. The number of carbonyl (C=O) groups is 1. The zero-order chi connectivity index (χ0) is 8.15. The van der Waals surface area contributed by atoms with E-state index in [0.717, 1.165) is 0 Å². The van der Waals surface area contributed by atoms with Crippen molar-refractivity contribution in [2.45, 2.75) is 19.1 Å². The Kier molecular flexibility index (Phi) is 3.24. The molecule has 0 saturated heterocycles. The topological polar surface area (TPSA) is 106 Å². The predicted octanol–water partition coefficient (Wildman–Crippen LogP) is 0.131. The lowest BCUT2D eigenvalue weighted by atomic mass is 10.2. The summed E-state index contributed by atoms with van der Waals surface area (Å²) in [7, 11) is 0. The molecular formula is C4H7N3O3. The first-order valence-electron chi connectivity index (χ1n) is 2.54. The molecule has 0 bridgehead atoms. The molecule has 6 nitrogen and oxygen atoms in total. The third-order valence-corrected chi connectivity index (χ3v) is 0.886. The summed E-state index contributed by atoms with van der Waals surface area (Å²) >= 11 is 0. The van der Waals surface area contributed by atoms with Crippen LogP contribution in [0.1, 0.15) is 6.92 Å². The quantitative estimate of drug-likeness (QED) is 0.334. The standard InChI is InChI=1S/C4H7N3O3/c1-2(8)3(4(9)10)6-7-5/h2-3,8H,1H3,(H,9,10). The van der Waals surface area contributed by atoms with Crippen molar-refractivity contribution < 1.29 is 15.0 Å². The molecule has 0 aliphatic heterocycles. The van der Waals surface area contributed by atoms with Crippen LogP contribution in [-0.4, -0.2) is 28.3 Å². The van der Waals surface area contributed by atoms with E-state index in [-0.39, 0.29) is 0 Å². The highest BCUT2D eigenvalue weighted by Gasteiger charge is 2.20. The molecule has 0 saturated carbocycles. The summed E-state index contributed by atoms with van der Waals surface area (Å²) in [5.41, 5.74) is 7.82. The predicted molar refractivity (Wildman–Crippen MR) is 32.3 cm³/mol. The number of carboxylic acids is 1. The van der Waals surface area contributed by atoms with Crippen LogP contribution in [0.4, 0.5) is 0 Å². The first-order chi connectivity index (χ1) is 4.59.